The molecule has 0 spiro atoms. The van der Waals surface area contributed by atoms with E-state index in [9.17, 15) is 4.39 Å². The molecule has 3 aromatic rings. The number of aryl methyl sites for hydroxylation is 1. The van der Waals surface area contributed by atoms with Crippen LogP contribution >= 0.6 is 11.6 Å². The summed E-state index contributed by atoms with van der Waals surface area (Å²) in [5, 5.41) is 8.04. The summed E-state index contributed by atoms with van der Waals surface area (Å²) in [5.41, 5.74) is 2.87. The van der Waals surface area contributed by atoms with Crippen LogP contribution in [0.3, 0.4) is 0 Å². The SMILES string of the molecule is CCc1c(Nc2cc(Cl)ncn2)nn(C)c1-c1ccc(F)cc1. The van der Waals surface area contributed by atoms with Crippen LogP contribution in [-0.2, 0) is 13.5 Å². The van der Waals surface area contributed by atoms with Gasteiger partial charge in [-0.2, -0.15) is 5.10 Å². The van der Waals surface area contributed by atoms with Gasteiger partial charge >= 0.3 is 0 Å². The van der Waals surface area contributed by atoms with Crippen LogP contribution in [0.2, 0.25) is 5.15 Å². The van der Waals surface area contributed by atoms with E-state index in [0.29, 0.717) is 16.8 Å². The molecular formula is C16H15ClFN5. The maximum Gasteiger partial charge on any atom is 0.157 e. The fourth-order valence-corrected chi connectivity index (χ4v) is 2.64. The molecule has 23 heavy (non-hydrogen) atoms. The molecule has 0 amide bonds. The molecule has 0 aliphatic rings. The number of benzene rings is 1. The minimum atomic E-state index is -0.261. The fraction of sp³-hybridized carbons (Fsp3) is 0.188. The molecule has 7 heteroatoms. The fourth-order valence-electron chi connectivity index (χ4n) is 2.50. The second kappa shape index (κ2) is 6.34. The molecule has 0 aliphatic carbocycles. The van der Waals surface area contributed by atoms with Gasteiger partial charge in [0.25, 0.3) is 0 Å². The van der Waals surface area contributed by atoms with Gasteiger partial charge in [-0.05, 0) is 30.7 Å². The first-order valence-electron chi connectivity index (χ1n) is 7.15. The summed E-state index contributed by atoms with van der Waals surface area (Å²) in [6, 6.07) is 8.01. The van der Waals surface area contributed by atoms with Crippen LogP contribution in [-0.4, -0.2) is 19.7 Å². The molecule has 0 saturated heterocycles. The Balaban J connectivity index is 2.02. The first-order valence-corrected chi connectivity index (χ1v) is 7.52. The third-order valence-electron chi connectivity index (χ3n) is 3.50. The van der Waals surface area contributed by atoms with E-state index in [1.54, 1.807) is 22.9 Å². The zero-order chi connectivity index (χ0) is 16.4. The summed E-state index contributed by atoms with van der Waals surface area (Å²) >= 11 is 5.88. The Hall–Kier alpha value is -2.47. The summed E-state index contributed by atoms with van der Waals surface area (Å²) in [6.07, 6.45) is 2.15. The summed E-state index contributed by atoms with van der Waals surface area (Å²) < 4.78 is 14.9. The molecule has 0 bridgehead atoms. The highest BCUT2D eigenvalue weighted by molar-refractivity contribution is 6.29. The highest BCUT2D eigenvalue weighted by atomic mass is 35.5. The highest BCUT2D eigenvalue weighted by Gasteiger charge is 2.17. The summed E-state index contributed by atoms with van der Waals surface area (Å²) in [5.74, 6) is 1.01. The van der Waals surface area contributed by atoms with E-state index >= 15 is 0 Å². The van der Waals surface area contributed by atoms with Crippen molar-refractivity contribution < 1.29 is 4.39 Å². The maximum absolute atomic E-state index is 13.2. The quantitative estimate of drug-likeness (QED) is 0.735. The minimum absolute atomic E-state index is 0.261. The Bertz CT molecular complexity index is 829. The molecule has 0 atom stereocenters. The van der Waals surface area contributed by atoms with Gasteiger partial charge < -0.3 is 5.32 Å². The molecule has 118 valence electrons. The van der Waals surface area contributed by atoms with Gasteiger partial charge in [0, 0.05) is 24.2 Å². The van der Waals surface area contributed by atoms with E-state index < -0.39 is 0 Å². The summed E-state index contributed by atoms with van der Waals surface area (Å²) in [4.78, 5) is 7.98. The average molecular weight is 332 g/mol. The van der Waals surface area contributed by atoms with Crippen molar-refractivity contribution in [2.75, 3.05) is 5.32 Å². The lowest BCUT2D eigenvalue weighted by Crippen LogP contribution is -1.97. The van der Waals surface area contributed by atoms with Crippen molar-refractivity contribution in [1.82, 2.24) is 19.7 Å². The van der Waals surface area contributed by atoms with E-state index in [-0.39, 0.29) is 5.82 Å². The number of hydrogen-bond acceptors (Lipinski definition) is 4. The van der Waals surface area contributed by atoms with Gasteiger partial charge in [-0.3, -0.25) is 4.68 Å². The number of nitrogens with zero attached hydrogens (tertiary/aromatic N) is 4. The highest BCUT2D eigenvalue weighted by Crippen LogP contribution is 2.31. The van der Waals surface area contributed by atoms with Crippen LogP contribution in [0.1, 0.15) is 12.5 Å². The largest absolute Gasteiger partial charge is 0.323 e. The number of anilines is 2. The zero-order valence-electron chi connectivity index (χ0n) is 12.7. The minimum Gasteiger partial charge on any atom is -0.323 e. The first-order chi connectivity index (χ1) is 11.1. The lowest BCUT2D eigenvalue weighted by molar-refractivity contribution is 0.628. The first kappa shape index (κ1) is 15.4. The van der Waals surface area contributed by atoms with E-state index in [0.717, 1.165) is 23.2 Å². The maximum atomic E-state index is 13.2. The normalized spacial score (nSPS) is 10.8. The second-order valence-corrected chi connectivity index (χ2v) is 5.40. The van der Waals surface area contributed by atoms with Gasteiger partial charge in [-0.25, -0.2) is 14.4 Å². The number of rotatable bonds is 4. The van der Waals surface area contributed by atoms with Crippen molar-refractivity contribution in [2.45, 2.75) is 13.3 Å². The van der Waals surface area contributed by atoms with E-state index in [2.05, 4.69) is 20.4 Å². The van der Waals surface area contributed by atoms with Gasteiger partial charge in [0.1, 0.15) is 23.1 Å². The van der Waals surface area contributed by atoms with Crippen LogP contribution in [0.5, 0.6) is 0 Å². The Morgan fingerprint density at radius 3 is 2.61 bits per heavy atom. The molecule has 3 rings (SSSR count). The Morgan fingerprint density at radius 2 is 1.96 bits per heavy atom. The average Bonchev–Trinajstić information content (AvgIpc) is 2.83. The Kier molecular flexibility index (Phi) is 4.25. The van der Waals surface area contributed by atoms with Crippen molar-refractivity contribution >= 4 is 23.2 Å². The van der Waals surface area contributed by atoms with E-state index in [4.69, 9.17) is 11.6 Å². The Morgan fingerprint density at radius 1 is 1.22 bits per heavy atom. The summed E-state index contributed by atoms with van der Waals surface area (Å²) in [7, 11) is 1.86. The Labute approximate surface area is 138 Å². The zero-order valence-corrected chi connectivity index (χ0v) is 13.5. The molecule has 5 nitrogen and oxygen atoms in total. The van der Waals surface area contributed by atoms with Gasteiger partial charge in [-0.15, -0.1) is 0 Å². The molecule has 1 N–H and O–H groups in total. The molecule has 2 aromatic heterocycles. The van der Waals surface area contributed by atoms with E-state index in [1.165, 1.54) is 18.5 Å². The van der Waals surface area contributed by atoms with Crippen molar-refractivity contribution in [1.29, 1.82) is 0 Å². The van der Waals surface area contributed by atoms with Crippen LogP contribution in [0.4, 0.5) is 16.0 Å². The van der Waals surface area contributed by atoms with E-state index in [1.807, 2.05) is 14.0 Å². The van der Waals surface area contributed by atoms with Crippen LogP contribution in [0.25, 0.3) is 11.3 Å². The molecule has 1 aromatic carbocycles. The lowest BCUT2D eigenvalue weighted by atomic mass is 10.1. The van der Waals surface area contributed by atoms with Gasteiger partial charge in [0.05, 0.1) is 5.69 Å². The van der Waals surface area contributed by atoms with Crippen molar-refractivity contribution in [3.63, 3.8) is 0 Å². The van der Waals surface area contributed by atoms with Gasteiger partial charge in [-0.1, -0.05) is 18.5 Å². The van der Waals surface area contributed by atoms with Crippen molar-refractivity contribution in [3.05, 3.63) is 53.2 Å². The molecule has 2 heterocycles. The topological polar surface area (TPSA) is 55.6 Å². The lowest BCUT2D eigenvalue weighted by Gasteiger charge is -2.06. The van der Waals surface area contributed by atoms with Crippen LogP contribution in [0, 0.1) is 5.82 Å². The third kappa shape index (κ3) is 3.17. The predicted molar refractivity (Wildman–Crippen MR) is 88.3 cm³/mol. The van der Waals surface area contributed by atoms with Crippen molar-refractivity contribution in [3.8, 4) is 11.3 Å². The monoisotopic (exact) mass is 331 g/mol. The number of aromatic nitrogens is 4. The number of nitrogens with one attached hydrogen (secondary N) is 1. The molecular weight excluding hydrogens is 317 g/mol. The molecule has 0 radical (unpaired) electrons. The van der Waals surface area contributed by atoms with Crippen LogP contribution < -0.4 is 5.32 Å². The third-order valence-corrected chi connectivity index (χ3v) is 3.70. The van der Waals surface area contributed by atoms with Gasteiger partial charge in [0.15, 0.2) is 5.82 Å². The van der Waals surface area contributed by atoms with Gasteiger partial charge in [0.2, 0.25) is 0 Å². The standard InChI is InChI=1S/C16H15ClFN5/c1-3-12-15(10-4-6-11(18)7-5-10)23(2)22-16(12)21-14-8-13(17)19-9-20-14/h4-9H,3H2,1-2H3,(H,19,20,21,22). The molecule has 0 aliphatic heterocycles. The summed E-state index contributed by atoms with van der Waals surface area (Å²) in [6.45, 7) is 2.04. The predicted octanol–water partition coefficient (Wildman–Crippen LogP) is 3.98. The smallest absolute Gasteiger partial charge is 0.157 e. The van der Waals surface area contributed by atoms with Crippen molar-refractivity contribution in [2.24, 2.45) is 7.05 Å². The number of halogens is 2. The molecule has 0 fully saturated rings. The second-order valence-electron chi connectivity index (χ2n) is 5.01. The molecule has 0 saturated carbocycles. The number of hydrogen-bond donors (Lipinski definition) is 1. The molecule has 0 unspecified atom stereocenters. The van der Waals surface area contributed by atoms with Crippen LogP contribution in [0.15, 0.2) is 36.7 Å².